The minimum Gasteiger partial charge on any atom is -0.472 e. The van der Waals surface area contributed by atoms with Gasteiger partial charge in [0.15, 0.2) is 0 Å². The van der Waals surface area contributed by atoms with Crippen molar-refractivity contribution in [3.63, 3.8) is 0 Å². The molecule has 0 fully saturated rings. The van der Waals surface area contributed by atoms with Crippen LogP contribution >= 0.6 is 0 Å². The largest absolute Gasteiger partial charge is 0.472 e. The summed E-state index contributed by atoms with van der Waals surface area (Å²) in [4.78, 5) is 10.8. The minimum atomic E-state index is -0.0900. The van der Waals surface area contributed by atoms with Crippen molar-refractivity contribution in [3.05, 3.63) is 41.9 Å². The number of hydrogen-bond acceptors (Lipinski definition) is 5. The van der Waals surface area contributed by atoms with Crippen molar-refractivity contribution in [1.82, 2.24) is 9.97 Å². The van der Waals surface area contributed by atoms with Crippen LogP contribution < -0.4 is 4.90 Å². The van der Waals surface area contributed by atoms with E-state index in [2.05, 4.69) is 9.97 Å². The van der Waals surface area contributed by atoms with E-state index >= 15 is 0 Å². The lowest BCUT2D eigenvalue weighted by Gasteiger charge is -2.21. The lowest BCUT2D eigenvalue weighted by Crippen LogP contribution is -2.19. The first-order chi connectivity index (χ1) is 9.11. The van der Waals surface area contributed by atoms with Gasteiger partial charge in [-0.25, -0.2) is 9.97 Å². The Morgan fingerprint density at radius 3 is 2.79 bits per heavy atom. The van der Waals surface area contributed by atoms with E-state index in [1.165, 1.54) is 0 Å². The molecule has 0 amide bonds. The van der Waals surface area contributed by atoms with E-state index < -0.39 is 0 Å². The normalized spacial score (nSPS) is 11.0. The summed E-state index contributed by atoms with van der Waals surface area (Å²) in [5.74, 6) is 1.00. The van der Waals surface area contributed by atoms with Gasteiger partial charge < -0.3 is 14.4 Å². The quantitative estimate of drug-likeness (QED) is 0.895. The van der Waals surface area contributed by atoms with E-state index in [-0.39, 0.29) is 12.5 Å². The Hall–Kier alpha value is -1.88. The van der Waals surface area contributed by atoms with Crippen molar-refractivity contribution in [3.8, 4) is 0 Å². The summed E-state index contributed by atoms with van der Waals surface area (Å²) in [5, 5.41) is 9.46. The summed E-state index contributed by atoms with van der Waals surface area (Å²) in [6.45, 7) is 4.66. The van der Waals surface area contributed by atoms with Crippen LogP contribution in [0.4, 0.5) is 5.69 Å². The van der Waals surface area contributed by atoms with Crippen molar-refractivity contribution in [2.75, 3.05) is 11.9 Å². The molecular formula is C14H19N3O2. The predicted molar refractivity (Wildman–Crippen MR) is 72.9 cm³/mol. The minimum absolute atomic E-state index is 0.0900. The van der Waals surface area contributed by atoms with Gasteiger partial charge in [-0.2, -0.15) is 0 Å². The van der Waals surface area contributed by atoms with Crippen LogP contribution in [0.2, 0.25) is 0 Å². The molecular weight excluding hydrogens is 242 g/mol. The molecule has 5 heteroatoms. The molecule has 0 spiro atoms. The van der Waals surface area contributed by atoms with E-state index in [4.69, 9.17) is 4.42 Å². The first-order valence-electron chi connectivity index (χ1n) is 6.30. The third-order valence-corrected chi connectivity index (χ3v) is 2.94. The summed E-state index contributed by atoms with van der Waals surface area (Å²) in [7, 11) is 1.94. The maximum atomic E-state index is 9.46. The Morgan fingerprint density at radius 2 is 2.21 bits per heavy atom. The van der Waals surface area contributed by atoms with Crippen LogP contribution in [0.15, 0.2) is 29.2 Å². The number of aromatic nitrogens is 2. The molecule has 0 saturated carbocycles. The summed E-state index contributed by atoms with van der Waals surface area (Å²) >= 11 is 0. The van der Waals surface area contributed by atoms with Crippen LogP contribution in [0.25, 0.3) is 0 Å². The highest BCUT2D eigenvalue weighted by molar-refractivity contribution is 5.48. The fourth-order valence-corrected chi connectivity index (χ4v) is 1.88. The Kier molecular flexibility index (Phi) is 4.16. The second-order valence-corrected chi connectivity index (χ2v) is 4.86. The van der Waals surface area contributed by atoms with Crippen molar-refractivity contribution < 1.29 is 9.52 Å². The van der Waals surface area contributed by atoms with Gasteiger partial charge in [0, 0.05) is 25.1 Å². The highest BCUT2D eigenvalue weighted by atomic mass is 16.3. The number of furan rings is 1. The van der Waals surface area contributed by atoms with Gasteiger partial charge in [0.2, 0.25) is 0 Å². The molecule has 0 bridgehead atoms. The molecule has 0 aliphatic carbocycles. The summed E-state index contributed by atoms with van der Waals surface area (Å²) < 4.78 is 5.05. The van der Waals surface area contributed by atoms with Crippen LogP contribution in [-0.2, 0) is 13.2 Å². The predicted octanol–water partition coefficient (Wildman–Crippen LogP) is 2.32. The van der Waals surface area contributed by atoms with Crippen molar-refractivity contribution >= 4 is 5.69 Å². The number of aliphatic hydroxyl groups excluding tert-OH is 1. The Balaban J connectivity index is 2.23. The number of nitrogens with zero attached hydrogens (tertiary/aromatic N) is 3. The monoisotopic (exact) mass is 261 g/mol. The first kappa shape index (κ1) is 13.5. The topological polar surface area (TPSA) is 62.4 Å². The molecule has 0 saturated heterocycles. The number of anilines is 1. The number of hydrogen-bond donors (Lipinski definition) is 1. The molecule has 0 aromatic carbocycles. The fraction of sp³-hybridized carbons (Fsp3) is 0.429. The van der Waals surface area contributed by atoms with E-state index in [9.17, 15) is 5.11 Å². The highest BCUT2D eigenvalue weighted by Gasteiger charge is 2.13. The van der Waals surface area contributed by atoms with Crippen molar-refractivity contribution in [1.29, 1.82) is 0 Å². The van der Waals surface area contributed by atoms with E-state index in [0.717, 1.165) is 17.1 Å². The van der Waals surface area contributed by atoms with Gasteiger partial charge >= 0.3 is 0 Å². The lowest BCUT2D eigenvalue weighted by molar-refractivity contribution is 0.276. The Bertz CT molecular complexity index is 523. The van der Waals surface area contributed by atoms with Crippen LogP contribution in [0.1, 0.15) is 36.8 Å². The van der Waals surface area contributed by atoms with Crippen LogP contribution in [0.3, 0.4) is 0 Å². The maximum Gasteiger partial charge on any atom is 0.131 e. The summed E-state index contributed by atoms with van der Waals surface area (Å²) in [5.41, 5.74) is 2.57. The SMILES string of the molecule is CC(C)c1ncc(N(C)Cc2ccoc2)c(CO)n1. The summed E-state index contributed by atoms with van der Waals surface area (Å²) in [6, 6.07) is 1.92. The van der Waals surface area contributed by atoms with Gasteiger partial charge in [0.25, 0.3) is 0 Å². The Labute approximate surface area is 112 Å². The third kappa shape index (κ3) is 3.12. The van der Waals surface area contributed by atoms with E-state index in [1.807, 2.05) is 31.9 Å². The molecule has 0 aliphatic rings. The third-order valence-electron chi connectivity index (χ3n) is 2.94. The number of rotatable bonds is 5. The van der Waals surface area contributed by atoms with Crippen molar-refractivity contribution in [2.45, 2.75) is 32.9 Å². The molecule has 0 atom stereocenters. The van der Waals surface area contributed by atoms with Crippen molar-refractivity contribution in [2.24, 2.45) is 0 Å². The first-order valence-corrected chi connectivity index (χ1v) is 6.30. The second kappa shape index (κ2) is 5.84. The average molecular weight is 261 g/mol. The second-order valence-electron chi connectivity index (χ2n) is 4.86. The molecule has 19 heavy (non-hydrogen) atoms. The van der Waals surface area contributed by atoms with Crippen LogP contribution in [0.5, 0.6) is 0 Å². The smallest absolute Gasteiger partial charge is 0.131 e. The molecule has 0 aliphatic heterocycles. The fourth-order valence-electron chi connectivity index (χ4n) is 1.88. The van der Waals surface area contributed by atoms with Gasteiger partial charge in [-0.05, 0) is 6.07 Å². The zero-order valence-corrected chi connectivity index (χ0v) is 11.5. The van der Waals surface area contributed by atoms with Crippen LogP contribution in [-0.4, -0.2) is 22.1 Å². The lowest BCUT2D eigenvalue weighted by atomic mass is 10.2. The Morgan fingerprint density at radius 1 is 1.42 bits per heavy atom. The van der Waals surface area contributed by atoms with E-state index in [1.54, 1.807) is 18.7 Å². The van der Waals surface area contributed by atoms with Gasteiger partial charge in [-0.1, -0.05) is 13.8 Å². The van der Waals surface area contributed by atoms with Crippen LogP contribution in [0, 0.1) is 0 Å². The molecule has 2 aromatic rings. The molecule has 2 rings (SSSR count). The molecule has 2 heterocycles. The maximum absolute atomic E-state index is 9.46. The highest BCUT2D eigenvalue weighted by Crippen LogP contribution is 2.21. The zero-order chi connectivity index (χ0) is 13.8. The molecule has 0 radical (unpaired) electrons. The molecule has 1 N–H and O–H groups in total. The standard InChI is InChI=1S/C14H19N3O2/c1-10(2)14-15-6-13(12(8-18)16-14)17(3)7-11-4-5-19-9-11/h4-6,9-10,18H,7-8H2,1-3H3. The van der Waals surface area contributed by atoms with Gasteiger partial charge in [-0.15, -0.1) is 0 Å². The number of aliphatic hydroxyl groups is 1. The van der Waals surface area contributed by atoms with Gasteiger partial charge in [0.05, 0.1) is 36.7 Å². The molecule has 102 valence electrons. The van der Waals surface area contributed by atoms with E-state index in [0.29, 0.717) is 12.2 Å². The average Bonchev–Trinajstić information content (AvgIpc) is 2.90. The van der Waals surface area contributed by atoms with Gasteiger partial charge in [-0.3, -0.25) is 0 Å². The molecule has 2 aromatic heterocycles. The summed E-state index contributed by atoms with van der Waals surface area (Å²) in [6.07, 6.45) is 5.13. The zero-order valence-electron chi connectivity index (χ0n) is 11.5. The van der Waals surface area contributed by atoms with Gasteiger partial charge in [0.1, 0.15) is 5.82 Å². The molecule has 5 nitrogen and oxygen atoms in total. The molecule has 0 unspecified atom stereocenters.